The van der Waals surface area contributed by atoms with E-state index in [0.717, 1.165) is 19.4 Å². The molecule has 0 bridgehead atoms. The molecule has 0 aliphatic carbocycles. The molecule has 0 aliphatic heterocycles. The van der Waals surface area contributed by atoms with Crippen molar-refractivity contribution in [3.8, 4) is 0 Å². The Morgan fingerprint density at radius 3 is 2.53 bits per heavy atom. The zero-order valence-corrected chi connectivity index (χ0v) is 12.4. The number of amides is 1. The first-order valence-electron chi connectivity index (χ1n) is 7.10. The third-order valence-electron chi connectivity index (χ3n) is 3.28. The van der Waals surface area contributed by atoms with Crippen molar-refractivity contribution >= 4 is 5.91 Å². The third-order valence-corrected chi connectivity index (χ3v) is 3.28. The molecule has 19 heavy (non-hydrogen) atoms. The lowest BCUT2D eigenvalue weighted by atomic mass is 10.1. The average Bonchev–Trinajstić information content (AvgIpc) is 2.87. The minimum Gasteiger partial charge on any atom is -0.352 e. The van der Waals surface area contributed by atoms with Gasteiger partial charge in [-0.2, -0.15) is 5.10 Å². The molecular weight excluding hydrogens is 240 g/mol. The number of carbonyl (C=O) groups is 1. The van der Waals surface area contributed by atoms with E-state index >= 15 is 0 Å². The number of hydrogen-bond donors (Lipinski definition) is 2. The molecule has 1 aromatic rings. The first-order chi connectivity index (χ1) is 9.06. The Hall–Kier alpha value is -1.36. The van der Waals surface area contributed by atoms with E-state index in [9.17, 15) is 4.79 Å². The van der Waals surface area contributed by atoms with Gasteiger partial charge in [-0.1, -0.05) is 13.8 Å². The Morgan fingerprint density at radius 1 is 1.32 bits per heavy atom. The molecule has 5 nitrogen and oxygen atoms in total. The first kappa shape index (κ1) is 15.7. The minimum absolute atomic E-state index is 0.0704. The number of nitrogens with one attached hydrogen (secondary N) is 2. The van der Waals surface area contributed by atoms with Crippen LogP contribution in [0.2, 0.25) is 0 Å². The molecule has 0 radical (unpaired) electrons. The van der Waals surface area contributed by atoms with E-state index in [4.69, 9.17) is 0 Å². The molecule has 2 N–H and O–H groups in total. The molecule has 0 fully saturated rings. The fourth-order valence-corrected chi connectivity index (χ4v) is 2.06. The van der Waals surface area contributed by atoms with Crippen LogP contribution >= 0.6 is 0 Å². The van der Waals surface area contributed by atoms with Crippen molar-refractivity contribution in [3.05, 3.63) is 18.5 Å². The maximum Gasteiger partial charge on any atom is 0.237 e. The SMILES string of the molecule is CCC(CC)NC(=O)C(C)NC(C)Cn1cccn1. The van der Waals surface area contributed by atoms with Gasteiger partial charge in [0.1, 0.15) is 0 Å². The summed E-state index contributed by atoms with van der Waals surface area (Å²) in [7, 11) is 0. The zero-order chi connectivity index (χ0) is 14.3. The highest BCUT2D eigenvalue weighted by Gasteiger charge is 2.17. The van der Waals surface area contributed by atoms with E-state index in [2.05, 4.69) is 36.5 Å². The highest BCUT2D eigenvalue weighted by Crippen LogP contribution is 1.98. The molecule has 1 aromatic heterocycles. The van der Waals surface area contributed by atoms with Crippen molar-refractivity contribution in [2.45, 2.75) is 65.2 Å². The van der Waals surface area contributed by atoms with Crippen LogP contribution in [0.5, 0.6) is 0 Å². The van der Waals surface area contributed by atoms with Gasteiger partial charge < -0.3 is 10.6 Å². The van der Waals surface area contributed by atoms with Gasteiger partial charge in [0.15, 0.2) is 0 Å². The van der Waals surface area contributed by atoms with Gasteiger partial charge in [0, 0.05) is 24.5 Å². The second-order valence-corrected chi connectivity index (χ2v) is 5.04. The Kier molecular flexibility index (Phi) is 6.56. The maximum atomic E-state index is 12.0. The molecule has 0 aromatic carbocycles. The van der Waals surface area contributed by atoms with Crippen molar-refractivity contribution in [3.63, 3.8) is 0 Å². The van der Waals surface area contributed by atoms with E-state index in [1.807, 2.05) is 23.9 Å². The summed E-state index contributed by atoms with van der Waals surface area (Å²) < 4.78 is 1.86. The molecule has 1 rings (SSSR count). The lowest BCUT2D eigenvalue weighted by Gasteiger charge is -2.22. The summed E-state index contributed by atoms with van der Waals surface area (Å²) in [5, 5.41) is 10.5. The quantitative estimate of drug-likeness (QED) is 0.750. The number of carbonyl (C=O) groups excluding carboxylic acids is 1. The van der Waals surface area contributed by atoms with Crippen LogP contribution in [-0.2, 0) is 11.3 Å². The number of rotatable bonds is 8. The Balaban J connectivity index is 2.36. The van der Waals surface area contributed by atoms with Crippen molar-refractivity contribution < 1.29 is 4.79 Å². The van der Waals surface area contributed by atoms with E-state index in [0.29, 0.717) is 0 Å². The summed E-state index contributed by atoms with van der Waals surface area (Å²) in [5.41, 5.74) is 0. The zero-order valence-electron chi connectivity index (χ0n) is 12.4. The van der Waals surface area contributed by atoms with E-state index in [-0.39, 0.29) is 24.0 Å². The van der Waals surface area contributed by atoms with E-state index in [1.165, 1.54) is 0 Å². The minimum atomic E-state index is -0.189. The highest BCUT2D eigenvalue weighted by molar-refractivity contribution is 5.81. The number of hydrogen-bond acceptors (Lipinski definition) is 3. The summed E-state index contributed by atoms with van der Waals surface area (Å²) in [6.07, 6.45) is 5.62. The topological polar surface area (TPSA) is 59.0 Å². The van der Waals surface area contributed by atoms with Crippen molar-refractivity contribution in [1.29, 1.82) is 0 Å². The van der Waals surface area contributed by atoms with Crippen LogP contribution in [0.15, 0.2) is 18.5 Å². The fourth-order valence-electron chi connectivity index (χ4n) is 2.06. The smallest absolute Gasteiger partial charge is 0.237 e. The average molecular weight is 266 g/mol. The van der Waals surface area contributed by atoms with Crippen LogP contribution < -0.4 is 10.6 Å². The monoisotopic (exact) mass is 266 g/mol. The molecular formula is C14H26N4O. The molecule has 0 saturated heterocycles. The molecule has 1 heterocycles. The van der Waals surface area contributed by atoms with Crippen molar-refractivity contribution in [1.82, 2.24) is 20.4 Å². The summed E-state index contributed by atoms with van der Waals surface area (Å²) in [6, 6.07) is 2.18. The lowest BCUT2D eigenvalue weighted by Crippen LogP contribution is -2.49. The number of nitrogens with zero attached hydrogens (tertiary/aromatic N) is 2. The van der Waals surface area contributed by atoms with Gasteiger partial charge in [-0.3, -0.25) is 9.48 Å². The van der Waals surface area contributed by atoms with Gasteiger partial charge in [0.2, 0.25) is 5.91 Å². The lowest BCUT2D eigenvalue weighted by molar-refractivity contribution is -0.123. The second-order valence-electron chi connectivity index (χ2n) is 5.04. The Morgan fingerprint density at radius 2 is 2.00 bits per heavy atom. The van der Waals surface area contributed by atoms with Crippen molar-refractivity contribution in [2.24, 2.45) is 0 Å². The number of aromatic nitrogens is 2. The van der Waals surface area contributed by atoms with Crippen molar-refractivity contribution in [2.75, 3.05) is 0 Å². The van der Waals surface area contributed by atoms with Gasteiger partial charge in [-0.15, -0.1) is 0 Å². The molecule has 108 valence electrons. The second kappa shape index (κ2) is 7.94. The molecule has 2 unspecified atom stereocenters. The fraction of sp³-hybridized carbons (Fsp3) is 0.714. The summed E-state index contributed by atoms with van der Waals surface area (Å²) >= 11 is 0. The molecule has 0 aliphatic rings. The molecule has 5 heteroatoms. The Labute approximate surface area is 115 Å². The van der Waals surface area contributed by atoms with Crippen LogP contribution in [0.1, 0.15) is 40.5 Å². The third kappa shape index (κ3) is 5.42. The van der Waals surface area contributed by atoms with Gasteiger partial charge in [0.25, 0.3) is 0 Å². The standard InChI is InChI=1S/C14H26N4O/c1-5-13(6-2)17-14(19)12(4)16-11(3)10-18-9-7-8-15-18/h7-9,11-13,16H,5-6,10H2,1-4H3,(H,17,19). The maximum absolute atomic E-state index is 12.0. The van der Waals surface area contributed by atoms with Gasteiger partial charge in [-0.05, 0) is 32.8 Å². The van der Waals surface area contributed by atoms with Crippen LogP contribution in [0.25, 0.3) is 0 Å². The molecule has 2 atom stereocenters. The van der Waals surface area contributed by atoms with Crippen LogP contribution in [-0.4, -0.2) is 33.8 Å². The van der Waals surface area contributed by atoms with Gasteiger partial charge >= 0.3 is 0 Å². The summed E-state index contributed by atoms with van der Waals surface area (Å²) in [5.74, 6) is 0.0704. The van der Waals surface area contributed by atoms with E-state index in [1.54, 1.807) is 6.20 Å². The van der Waals surface area contributed by atoms with Gasteiger partial charge in [0.05, 0.1) is 12.6 Å². The predicted octanol–water partition coefficient (Wildman–Crippen LogP) is 1.55. The largest absolute Gasteiger partial charge is 0.352 e. The molecule has 0 saturated carbocycles. The summed E-state index contributed by atoms with van der Waals surface area (Å²) in [4.78, 5) is 12.0. The van der Waals surface area contributed by atoms with E-state index < -0.39 is 0 Å². The summed E-state index contributed by atoms with van der Waals surface area (Å²) in [6.45, 7) is 8.90. The predicted molar refractivity (Wildman–Crippen MR) is 76.8 cm³/mol. The normalized spacial score (nSPS) is 14.4. The van der Waals surface area contributed by atoms with Crippen LogP contribution in [0.4, 0.5) is 0 Å². The first-order valence-corrected chi connectivity index (χ1v) is 7.10. The highest BCUT2D eigenvalue weighted by atomic mass is 16.2. The van der Waals surface area contributed by atoms with Crippen LogP contribution in [0.3, 0.4) is 0 Å². The molecule has 1 amide bonds. The van der Waals surface area contributed by atoms with Gasteiger partial charge in [-0.25, -0.2) is 0 Å². The van der Waals surface area contributed by atoms with Crippen LogP contribution in [0, 0.1) is 0 Å². The Bertz CT molecular complexity index is 360. The molecule has 0 spiro atoms.